The summed E-state index contributed by atoms with van der Waals surface area (Å²) < 4.78 is 20.9. The van der Waals surface area contributed by atoms with E-state index in [0.29, 0.717) is 45.0 Å². The number of esters is 2. The molecule has 0 bridgehead atoms. The molecule has 0 saturated carbocycles. The second kappa shape index (κ2) is 8.55. The van der Waals surface area contributed by atoms with Crippen LogP contribution in [0.25, 0.3) is 11.0 Å². The first-order chi connectivity index (χ1) is 15.3. The first kappa shape index (κ1) is 21.7. The number of methoxy groups -OCH3 is 2. The summed E-state index contributed by atoms with van der Waals surface area (Å²) in [5.41, 5.74) is 2.44. The second-order valence-electron chi connectivity index (χ2n) is 7.30. The number of aryl methyl sites for hydroxylation is 1. The molecule has 2 heterocycles. The fourth-order valence-corrected chi connectivity index (χ4v) is 4.00. The molecule has 0 spiro atoms. The number of carbonyl (C=O) groups is 2. The third kappa shape index (κ3) is 3.78. The fourth-order valence-electron chi connectivity index (χ4n) is 3.72. The van der Waals surface area contributed by atoms with Crippen LogP contribution in [0.4, 0.5) is 5.69 Å². The summed E-state index contributed by atoms with van der Waals surface area (Å²) >= 11 is 6.48. The lowest BCUT2D eigenvalue weighted by Crippen LogP contribution is -2.32. The van der Waals surface area contributed by atoms with E-state index in [1.807, 2.05) is 4.90 Å². The van der Waals surface area contributed by atoms with Crippen LogP contribution >= 0.6 is 11.6 Å². The first-order valence-corrected chi connectivity index (χ1v) is 10.1. The van der Waals surface area contributed by atoms with Gasteiger partial charge >= 0.3 is 17.6 Å². The molecule has 4 rings (SSSR count). The molecule has 8 nitrogen and oxygen atoms in total. The lowest BCUT2D eigenvalue weighted by atomic mass is 10.00. The molecule has 9 heteroatoms. The van der Waals surface area contributed by atoms with Gasteiger partial charge in [-0.15, -0.1) is 0 Å². The highest BCUT2D eigenvalue weighted by molar-refractivity contribution is 6.33. The SMILES string of the molecule is COC(=O)Cc1c(C)c2cc(Cl)c3c(c2oc1=O)CN(c1ccc(C(=O)OC)cc1)CO3. The van der Waals surface area contributed by atoms with Gasteiger partial charge in [0.2, 0.25) is 0 Å². The van der Waals surface area contributed by atoms with Crippen molar-refractivity contribution in [3.63, 3.8) is 0 Å². The Kier molecular flexibility index (Phi) is 5.80. The molecule has 1 aromatic heterocycles. The van der Waals surface area contributed by atoms with Crippen molar-refractivity contribution in [1.82, 2.24) is 0 Å². The number of hydrogen-bond donors (Lipinski definition) is 0. The molecule has 2 aromatic carbocycles. The summed E-state index contributed by atoms with van der Waals surface area (Å²) in [4.78, 5) is 38.0. The summed E-state index contributed by atoms with van der Waals surface area (Å²) in [7, 11) is 2.59. The Morgan fingerprint density at radius 3 is 2.53 bits per heavy atom. The summed E-state index contributed by atoms with van der Waals surface area (Å²) in [6, 6.07) is 8.56. The van der Waals surface area contributed by atoms with Crippen LogP contribution < -0.4 is 15.3 Å². The minimum absolute atomic E-state index is 0.190. The van der Waals surface area contributed by atoms with Crippen molar-refractivity contribution in [3.05, 3.63) is 68.0 Å². The number of rotatable bonds is 4. The molecule has 3 aromatic rings. The molecular weight excluding hydrogens is 438 g/mol. The highest BCUT2D eigenvalue weighted by Crippen LogP contribution is 2.40. The first-order valence-electron chi connectivity index (χ1n) is 9.74. The predicted octanol–water partition coefficient (Wildman–Crippen LogP) is 3.61. The lowest BCUT2D eigenvalue weighted by Gasteiger charge is -2.31. The number of hydrogen-bond acceptors (Lipinski definition) is 8. The highest BCUT2D eigenvalue weighted by Gasteiger charge is 2.27. The number of anilines is 1. The van der Waals surface area contributed by atoms with E-state index in [0.717, 1.165) is 5.69 Å². The topological polar surface area (TPSA) is 95.3 Å². The van der Waals surface area contributed by atoms with Crippen LogP contribution in [0.1, 0.15) is 27.0 Å². The molecule has 0 amide bonds. The quantitative estimate of drug-likeness (QED) is 0.433. The Labute approximate surface area is 188 Å². The average molecular weight is 458 g/mol. The molecular formula is C23H20ClNO7. The van der Waals surface area contributed by atoms with Gasteiger partial charge in [-0.05, 0) is 42.8 Å². The molecule has 0 atom stereocenters. The van der Waals surface area contributed by atoms with Crippen LogP contribution in [0.3, 0.4) is 0 Å². The number of ether oxygens (including phenoxy) is 3. The molecule has 0 N–H and O–H groups in total. The summed E-state index contributed by atoms with van der Waals surface area (Å²) in [5, 5.41) is 1.01. The van der Waals surface area contributed by atoms with E-state index in [4.69, 9.17) is 25.5 Å². The van der Waals surface area contributed by atoms with Crippen molar-refractivity contribution in [3.8, 4) is 5.75 Å². The van der Waals surface area contributed by atoms with Gasteiger partial charge in [-0.3, -0.25) is 4.79 Å². The zero-order valence-electron chi connectivity index (χ0n) is 17.7. The van der Waals surface area contributed by atoms with E-state index in [9.17, 15) is 14.4 Å². The van der Waals surface area contributed by atoms with Crippen molar-refractivity contribution < 1.29 is 28.2 Å². The largest absolute Gasteiger partial charge is 0.471 e. The molecule has 1 aliphatic rings. The molecule has 0 aliphatic carbocycles. The van der Waals surface area contributed by atoms with Gasteiger partial charge in [0.25, 0.3) is 0 Å². The van der Waals surface area contributed by atoms with Crippen molar-refractivity contribution in [2.75, 3.05) is 25.9 Å². The molecule has 1 aliphatic heterocycles. The molecule has 0 fully saturated rings. The number of benzene rings is 2. The zero-order valence-corrected chi connectivity index (χ0v) is 18.4. The molecule has 32 heavy (non-hydrogen) atoms. The van der Waals surface area contributed by atoms with E-state index in [1.54, 1.807) is 37.3 Å². The van der Waals surface area contributed by atoms with Crippen molar-refractivity contribution in [2.24, 2.45) is 0 Å². The summed E-state index contributed by atoms with van der Waals surface area (Å²) in [6.07, 6.45) is -0.190. The fraction of sp³-hybridized carbons (Fsp3) is 0.261. The van der Waals surface area contributed by atoms with Gasteiger partial charge in [0, 0.05) is 11.1 Å². The summed E-state index contributed by atoms with van der Waals surface area (Å²) in [6.45, 7) is 2.33. The maximum Gasteiger partial charge on any atom is 0.340 e. The lowest BCUT2D eigenvalue weighted by molar-refractivity contribution is -0.139. The normalized spacial score (nSPS) is 12.8. The van der Waals surface area contributed by atoms with E-state index < -0.39 is 17.6 Å². The number of nitrogens with zero attached hydrogens (tertiary/aromatic N) is 1. The molecule has 0 radical (unpaired) electrons. The van der Waals surface area contributed by atoms with Crippen LogP contribution in [0, 0.1) is 6.92 Å². The minimum Gasteiger partial charge on any atom is -0.471 e. The maximum atomic E-state index is 12.7. The van der Waals surface area contributed by atoms with Gasteiger partial charge in [0.05, 0.1) is 48.9 Å². The monoisotopic (exact) mass is 457 g/mol. The molecule has 0 saturated heterocycles. The smallest absolute Gasteiger partial charge is 0.340 e. The van der Waals surface area contributed by atoms with Crippen LogP contribution in [0.5, 0.6) is 5.75 Å². The van der Waals surface area contributed by atoms with Crippen LogP contribution in [-0.4, -0.2) is 32.9 Å². The third-order valence-electron chi connectivity index (χ3n) is 5.49. The standard InChI is InChI=1S/C23H20ClNO7/c1-12-15-8-18(24)21-17(20(15)32-23(28)16(12)9-19(26)29-2)10-25(11-31-21)14-6-4-13(5-7-14)22(27)30-3/h4-8H,9-11H2,1-3H3. The Balaban J connectivity index is 1.76. The minimum atomic E-state index is -0.607. The van der Waals surface area contributed by atoms with Crippen LogP contribution in [0.2, 0.25) is 5.02 Å². The van der Waals surface area contributed by atoms with Crippen LogP contribution in [0.15, 0.2) is 39.5 Å². The molecule has 0 unspecified atom stereocenters. The zero-order chi connectivity index (χ0) is 23.0. The second-order valence-corrected chi connectivity index (χ2v) is 7.71. The number of fused-ring (bicyclic) bond motifs is 3. The van der Waals surface area contributed by atoms with Gasteiger partial charge in [-0.1, -0.05) is 11.6 Å². The Bertz CT molecular complexity index is 1280. The molecule has 166 valence electrons. The average Bonchev–Trinajstić information content (AvgIpc) is 2.81. The van der Waals surface area contributed by atoms with E-state index in [1.165, 1.54) is 14.2 Å². The van der Waals surface area contributed by atoms with Gasteiger partial charge in [-0.25, -0.2) is 9.59 Å². The Hall–Kier alpha value is -3.52. The van der Waals surface area contributed by atoms with E-state index in [-0.39, 0.29) is 18.7 Å². The van der Waals surface area contributed by atoms with Gasteiger partial charge in [-0.2, -0.15) is 0 Å². The maximum absolute atomic E-state index is 12.7. The van der Waals surface area contributed by atoms with Gasteiger partial charge in [0.15, 0.2) is 6.73 Å². The van der Waals surface area contributed by atoms with Crippen molar-refractivity contribution in [1.29, 1.82) is 0 Å². The van der Waals surface area contributed by atoms with Crippen molar-refractivity contribution >= 4 is 40.2 Å². The third-order valence-corrected chi connectivity index (χ3v) is 5.78. The highest BCUT2D eigenvalue weighted by atomic mass is 35.5. The summed E-state index contributed by atoms with van der Waals surface area (Å²) in [5.74, 6) is -0.506. The van der Waals surface area contributed by atoms with Crippen molar-refractivity contribution in [2.45, 2.75) is 19.9 Å². The van der Waals surface area contributed by atoms with Gasteiger partial charge in [0.1, 0.15) is 11.3 Å². The Morgan fingerprint density at radius 2 is 1.88 bits per heavy atom. The van der Waals surface area contributed by atoms with E-state index >= 15 is 0 Å². The number of carbonyl (C=O) groups excluding carboxylic acids is 2. The van der Waals surface area contributed by atoms with E-state index in [2.05, 4.69) is 4.74 Å². The Morgan fingerprint density at radius 1 is 1.16 bits per heavy atom. The van der Waals surface area contributed by atoms with Crippen LogP contribution in [-0.2, 0) is 27.2 Å². The predicted molar refractivity (Wildman–Crippen MR) is 117 cm³/mol. The van der Waals surface area contributed by atoms with Gasteiger partial charge < -0.3 is 23.5 Å². The number of halogens is 1.